The van der Waals surface area contributed by atoms with Gasteiger partial charge in [0.15, 0.2) is 5.75 Å². The molecule has 0 saturated heterocycles. The molecule has 0 aliphatic heterocycles. The fourth-order valence-corrected chi connectivity index (χ4v) is 6.28. The van der Waals surface area contributed by atoms with Crippen LogP contribution in [0.2, 0.25) is 0 Å². The maximum atomic E-state index is 13.5. The summed E-state index contributed by atoms with van der Waals surface area (Å²) in [5.41, 5.74) is -5.02. The monoisotopic (exact) mass is 827 g/mol. The van der Waals surface area contributed by atoms with E-state index in [0.717, 1.165) is 11.1 Å². The molecule has 5 rings (SSSR count). The van der Waals surface area contributed by atoms with E-state index < -0.39 is 90.4 Å². The Balaban J connectivity index is 0.000000428. The van der Waals surface area contributed by atoms with Crippen molar-refractivity contribution in [1.82, 2.24) is 0 Å². The van der Waals surface area contributed by atoms with Crippen LogP contribution in [-0.2, 0) is 34.0 Å². The molecule has 7 nitrogen and oxygen atoms in total. The number of carboxylic acid groups (broad SMARTS) is 1. The third kappa shape index (κ3) is 11.3. The van der Waals surface area contributed by atoms with E-state index in [-0.39, 0.29) is 24.3 Å². The third-order valence-electron chi connectivity index (χ3n) is 8.75. The van der Waals surface area contributed by atoms with E-state index in [1.165, 1.54) is 18.2 Å². The van der Waals surface area contributed by atoms with Gasteiger partial charge in [-0.2, -0.15) is 39.5 Å². The molecule has 304 valence electrons. The number of anilines is 1. The third-order valence-corrected chi connectivity index (χ3v) is 10.1. The summed E-state index contributed by atoms with van der Waals surface area (Å²) in [4.78, 5) is 10.4. The van der Waals surface area contributed by atoms with Gasteiger partial charge in [0.2, 0.25) is 0 Å². The maximum Gasteiger partial charge on any atom is 0.416 e. The highest BCUT2D eigenvalue weighted by Gasteiger charge is 2.39. The summed E-state index contributed by atoms with van der Waals surface area (Å²) < 4.78 is 153. The molecule has 3 N–H and O–H groups in total. The van der Waals surface area contributed by atoms with Crippen molar-refractivity contribution < 1.29 is 67.7 Å². The normalized spacial score (nSPS) is 12.5. The Morgan fingerprint density at radius 1 is 0.649 bits per heavy atom. The van der Waals surface area contributed by atoms with Gasteiger partial charge < -0.3 is 14.9 Å². The number of aliphatic hydroxyl groups excluding tert-OH is 1. The average molecular weight is 828 g/mol. The van der Waals surface area contributed by atoms with E-state index in [2.05, 4.69) is 0 Å². The summed E-state index contributed by atoms with van der Waals surface area (Å²) in [5.74, 6) is -2.69. The molecule has 0 saturated carbocycles. The molecule has 0 amide bonds. The van der Waals surface area contributed by atoms with Gasteiger partial charge in [0.05, 0.1) is 27.3 Å². The lowest BCUT2D eigenvalue weighted by atomic mass is 9.81. The fourth-order valence-electron chi connectivity index (χ4n) is 5.15. The molecule has 5 aromatic rings. The largest absolute Gasteiger partial charge is 0.478 e. The number of aromatic carboxylic acids is 1. The van der Waals surface area contributed by atoms with Gasteiger partial charge in [-0.15, -0.1) is 0 Å². The van der Waals surface area contributed by atoms with Gasteiger partial charge in [-0.3, -0.25) is 4.72 Å². The summed E-state index contributed by atoms with van der Waals surface area (Å²) in [7, 11) is -5.43. The minimum atomic E-state index is -5.43. The van der Waals surface area contributed by atoms with E-state index >= 15 is 0 Å². The van der Waals surface area contributed by atoms with Gasteiger partial charge in [-0.1, -0.05) is 87.5 Å². The van der Waals surface area contributed by atoms with Crippen molar-refractivity contribution in [1.29, 1.82) is 0 Å². The van der Waals surface area contributed by atoms with Gasteiger partial charge in [-0.05, 0) is 77.1 Å². The molecule has 0 aromatic heterocycles. The summed E-state index contributed by atoms with van der Waals surface area (Å²) in [6.45, 7) is 5.47. The summed E-state index contributed by atoms with van der Waals surface area (Å²) in [5, 5.41) is 19.7. The molecule has 0 atom stereocenters. The van der Waals surface area contributed by atoms with Crippen molar-refractivity contribution in [3.05, 3.63) is 154 Å². The van der Waals surface area contributed by atoms with Gasteiger partial charge in [0, 0.05) is 0 Å². The predicted octanol–water partition coefficient (Wildman–Crippen LogP) is 11.5. The SMILES string of the molecule is CCC(C)(C)c1ccc(Oc2ccc(C(F)(F)F)cc2NS(=O)(=O)c2cc(C(F)(F)F)cc(C(F)(F)F)c2)c(C(=O)O)c1.OC(c1ccccc1)c1ccccc1. The first-order valence-electron chi connectivity index (χ1n) is 16.7. The van der Waals surface area contributed by atoms with Gasteiger partial charge in [0.1, 0.15) is 17.4 Å². The van der Waals surface area contributed by atoms with Gasteiger partial charge in [-0.25, -0.2) is 13.2 Å². The Bertz CT molecular complexity index is 2220. The number of hydrogen-bond donors (Lipinski definition) is 3. The molecular formula is C40H34F9NO6S. The van der Waals surface area contributed by atoms with Crippen LogP contribution in [0.3, 0.4) is 0 Å². The average Bonchev–Trinajstić information content (AvgIpc) is 3.14. The lowest BCUT2D eigenvalue weighted by molar-refractivity contribution is -0.143. The smallest absolute Gasteiger partial charge is 0.416 e. The second-order valence-electron chi connectivity index (χ2n) is 13.1. The molecule has 0 radical (unpaired) electrons. The van der Waals surface area contributed by atoms with E-state index in [4.69, 9.17) is 4.74 Å². The number of aliphatic hydroxyl groups is 1. The zero-order chi connectivity index (χ0) is 42.6. The van der Waals surface area contributed by atoms with Crippen LogP contribution in [0.5, 0.6) is 11.5 Å². The van der Waals surface area contributed by atoms with Crippen molar-refractivity contribution in [3.8, 4) is 11.5 Å². The van der Waals surface area contributed by atoms with Crippen LogP contribution < -0.4 is 9.46 Å². The van der Waals surface area contributed by atoms with Crippen LogP contribution in [-0.4, -0.2) is 24.6 Å². The lowest BCUT2D eigenvalue weighted by Crippen LogP contribution is -2.18. The standard InChI is InChI=1S/C27H22F9NO5S.C13H12O/c1-4-24(2,3)14-5-7-21(19(12-14)23(38)39)42-22-8-6-15(25(28,29)30)13-20(22)37-43(40,41)18-10-16(26(31,32)33)9-17(11-18)27(34,35)36;14-13(11-7-3-1-4-8-11)12-9-5-2-6-10-12/h5-13,37H,4H2,1-3H3,(H,38,39);1-10,13-14H. The van der Waals surface area contributed by atoms with Crippen LogP contribution in [0.1, 0.15) is 77.0 Å². The number of ether oxygens (including phenoxy) is 1. The van der Waals surface area contributed by atoms with E-state index in [1.807, 2.05) is 81.4 Å². The number of alkyl halides is 9. The van der Waals surface area contributed by atoms with E-state index in [0.29, 0.717) is 24.1 Å². The highest BCUT2D eigenvalue weighted by molar-refractivity contribution is 7.92. The molecule has 0 bridgehead atoms. The van der Waals surface area contributed by atoms with Crippen molar-refractivity contribution >= 4 is 21.7 Å². The zero-order valence-corrected chi connectivity index (χ0v) is 30.9. The number of halogens is 9. The highest BCUT2D eigenvalue weighted by atomic mass is 32.2. The van der Waals surface area contributed by atoms with Crippen molar-refractivity contribution in [2.75, 3.05) is 4.72 Å². The van der Waals surface area contributed by atoms with Crippen molar-refractivity contribution in [2.45, 2.75) is 62.1 Å². The minimum absolute atomic E-state index is 0.123. The minimum Gasteiger partial charge on any atom is -0.478 e. The van der Waals surface area contributed by atoms with Crippen LogP contribution in [0.25, 0.3) is 0 Å². The number of benzene rings is 5. The van der Waals surface area contributed by atoms with Crippen molar-refractivity contribution in [2.24, 2.45) is 0 Å². The van der Waals surface area contributed by atoms with E-state index in [1.54, 1.807) is 4.72 Å². The van der Waals surface area contributed by atoms with Gasteiger partial charge in [0.25, 0.3) is 10.0 Å². The number of hydrogen-bond acceptors (Lipinski definition) is 5. The van der Waals surface area contributed by atoms with Crippen LogP contribution in [0, 0.1) is 0 Å². The topological polar surface area (TPSA) is 113 Å². The first-order valence-corrected chi connectivity index (χ1v) is 18.2. The number of carbonyl (C=O) groups is 1. The fraction of sp³-hybridized carbons (Fsp3) is 0.225. The number of carboxylic acids is 1. The highest BCUT2D eigenvalue weighted by Crippen LogP contribution is 2.41. The van der Waals surface area contributed by atoms with Crippen molar-refractivity contribution in [3.63, 3.8) is 0 Å². The zero-order valence-electron chi connectivity index (χ0n) is 30.1. The first kappa shape index (κ1) is 44.2. The van der Waals surface area contributed by atoms with Crippen LogP contribution >= 0.6 is 0 Å². The molecule has 0 aliphatic rings. The number of sulfonamides is 1. The molecule has 0 fully saturated rings. The van der Waals surface area contributed by atoms with Gasteiger partial charge >= 0.3 is 24.5 Å². The molecule has 0 heterocycles. The summed E-state index contributed by atoms with van der Waals surface area (Å²) >= 11 is 0. The Morgan fingerprint density at radius 2 is 1.11 bits per heavy atom. The predicted molar refractivity (Wildman–Crippen MR) is 192 cm³/mol. The summed E-state index contributed by atoms with van der Waals surface area (Å²) in [6.07, 6.45) is -15.8. The molecule has 0 spiro atoms. The molecule has 5 aromatic carbocycles. The molecule has 17 heteroatoms. The van der Waals surface area contributed by atoms with Crippen LogP contribution in [0.15, 0.2) is 120 Å². The lowest BCUT2D eigenvalue weighted by Gasteiger charge is -2.24. The second-order valence-corrected chi connectivity index (χ2v) is 14.8. The summed E-state index contributed by atoms with van der Waals surface area (Å²) in [6, 6.07) is 23.9. The number of rotatable bonds is 10. The molecule has 57 heavy (non-hydrogen) atoms. The Kier molecular flexibility index (Phi) is 13.1. The molecule has 0 unspecified atom stereocenters. The Labute approximate surface area is 321 Å². The quantitative estimate of drug-likeness (QED) is 0.121. The molecular weight excluding hydrogens is 793 g/mol. The Hall–Kier alpha value is -5.55. The maximum absolute atomic E-state index is 13.5. The van der Waals surface area contributed by atoms with Crippen LogP contribution in [0.4, 0.5) is 45.2 Å². The Morgan fingerprint density at radius 3 is 1.54 bits per heavy atom. The second kappa shape index (κ2) is 16.9. The van der Waals surface area contributed by atoms with E-state index in [9.17, 15) is 62.9 Å². The molecule has 0 aliphatic carbocycles. The first-order chi connectivity index (χ1) is 26.3. The number of nitrogens with one attached hydrogen (secondary N) is 1.